The van der Waals surface area contributed by atoms with Crippen LogP contribution in [0.1, 0.15) is 22.6 Å². The van der Waals surface area contributed by atoms with Gasteiger partial charge in [0.2, 0.25) is 0 Å². The maximum Gasteiger partial charge on any atom is 0.257 e. The second-order valence-electron chi connectivity index (χ2n) is 6.60. The minimum atomic E-state index is -0.00855. The Kier molecular flexibility index (Phi) is 6.03. The lowest BCUT2D eigenvalue weighted by molar-refractivity contribution is 0.0775. The number of hydrogen-bond acceptors (Lipinski definition) is 6. The normalized spacial score (nSPS) is 16.5. The molecule has 2 aromatic rings. The third-order valence-corrected chi connectivity index (χ3v) is 4.67. The summed E-state index contributed by atoms with van der Waals surface area (Å²) in [6.45, 7) is 5.99. The van der Waals surface area contributed by atoms with Crippen LogP contribution in [0, 0.1) is 0 Å². The number of para-hydroxylation sites is 1. The SMILES string of the molecule is C=CCOc1ccccc1C(=O)N1CC[C@@H](N(C)Cc2nccc(N)n2)C1. The van der Waals surface area contributed by atoms with E-state index in [4.69, 9.17) is 10.5 Å². The summed E-state index contributed by atoms with van der Waals surface area (Å²) < 4.78 is 5.63. The predicted molar refractivity (Wildman–Crippen MR) is 104 cm³/mol. The molecule has 2 heterocycles. The van der Waals surface area contributed by atoms with Crippen molar-refractivity contribution < 1.29 is 9.53 Å². The average Bonchev–Trinajstić information content (AvgIpc) is 3.16. The Morgan fingerprint density at radius 2 is 2.26 bits per heavy atom. The first-order chi connectivity index (χ1) is 13.1. The summed E-state index contributed by atoms with van der Waals surface area (Å²) in [4.78, 5) is 25.5. The van der Waals surface area contributed by atoms with Crippen LogP contribution in [0.2, 0.25) is 0 Å². The van der Waals surface area contributed by atoms with Crippen molar-refractivity contribution in [1.82, 2.24) is 19.8 Å². The molecule has 1 atom stereocenters. The van der Waals surface area contributed by atoms with Crippen molar-refractivity contribution in [1.29, 1.82) is 0 Å². The Hall–Kier alpha value is -2.93. The lowest BCUT2D eigenvalue weighted by Gasteiger charge is -2.24. The van der Waals surface area contributed by atoms with Crippen LogP contribution in [-0.4, -0.2) is 58.5 Å². The number of anilines is 1. The van der Waals surface area contributed by atoms with E-state index in [1.54, 1.807) is 24.4 Å². The molecule has 7 nitrogen and oxygen atoms in total. The molecule has 27 heavy (non-hydrogen) atoms. The molecule has 1 saturated heterocycles. The first-order valence-corrected chi connectivity index (χ1v) is 8.98. The fraction of sp³-hybridized carbons (Fsp3) is 0.350. The highest BCUT2D eigenvalue weighted by Gasteiger charge is 2.30. The van der Waals surface area contributed by atoms with E-state index in [1.165, 1.54) is 0 Å². The average molecular weight is 367 g/mol. The number of benzene rings is 1. The molecule has 1 aliphatic rings. The van der Waals surface area contributed by atoms with Gasteiger partial charge in [0, 0.05) is 25.3 Å². The fourth-order valence-corrected chi connectivity index (χ4v) is 3.22. The van der Waals surface area contributed by atoms with Gasteiger partial charge in [-0.15, -0.1) is 0 Å². The third kappa shape index (κ3) is 4.62. The number of nitrogens with two attached hydrogens (primary N) is 1. The first-order valence-electron chi connectivity index (χ1n) is 8.98. The molecule has 3 rings (SSSR count). The van der Waals surface area contributed by atoms with Gasteiger partial charge in [-0.05, 0) is 31.7 Å². The number of likely N-dealkylation sites (tertiary alicyclic amines) is 1. The first kappa shape index (κ1) is 18.8. The molecular weight excluding hydrogens is 342 g/mol. The van der Waals surface area contributed by atoms with E-state index in [2.05, 4.69) is 21.4 Å². The zero-order chi connectivity index (χ0) is 19.2. The number of ether oxygens (including phenoxy) is 1. The smallest absolute Gasteiger partial charge is 0.257 e. The summed E-state index contributed by atoms with van der Waals surface area (Å²) in [7, 11) is 2.02. The molecule has 1 amide bonds. The quantitative estimate of drug-likeness (QED) is 0.753. The van der Waals surface area contributed by atoms with Gasteiger partial charge in [0.05, 0.1) is 12.1 Å². The Morgan fingerprint density at radius 3 is 3.04 bits per heavy atom. The number of likely N-dealkylation sites (N-methyl/N-ethyl adjacent to an activating group) is 1. The number of carbonyl (C=O) groups excluding carboxylic acids is 1. The number of carbonyl (C=O) groups is 1. The summed E-state index contributed by atoms with van der Waals surface area (Å²) in [6, 6.07) is 9.25. The monoisotopic (exact) mass is 367 g/mol. The number of hydrogen-bond donors (Lipinski definition) is 1. The molecule has 142 valence electrons. The van der Waals surface area contributed by atoms with Gasteiger partial charge in [-0.1, -0.05) is 24.8 Å². The van der Waals surface area contributed by atoms with Gasteiger partial charge in [0.15, 0.2) is 0 Å². The summed E-state index contributed by atoms with van der Waals surface area (Å²) in [5.74, 6) is 1.73. The van der Waals surface area contributed by atoms with Crippen LogP contribution >= 0.6 is 0 Å². The van der Waals surface area contributed by atoms with Crippen molar-refractivity contribution >= 4 is 11.7 Å². The lowest BCUT2D eigenvalue weighted by atomic mass is 10.1. The maximum absolute atomic E-state index is 13.0. The molecular formula is C20H25N5O2. The van der Waals surface area contributed by atoms with E-state index in [0.29, 0.717) is 49.2 Å². The van der Waals surface area contributed by atoms with Gasteiger partial charge in [-0.3, -0.25) is 9.69 Å². The Bertz CT molecular complexity index is 810. The fourth-order valence-electron chi connectivity index (χ4n) is 3.22. The number of nitrogen functional groups attached to an aromatic ring is 1. The van der Waals surface area contributed by atoms with E-state index in [-0.39, 0.29) is 11.9 Å². The second-order valence-corrected chi connectivity index (χ2v) is 6.60. The topological polar surface area (TPSA) is 84.6 Å². The third-order valence-electron chi connectivity index (χ3n) is 4.67. The van der Waals surface area contributed by atoms with Crippen LogP contribution in [0.5, 0.6) is 5.75 Å². The van der Waals surface area contributed by atoms with Crippen molar-refractivity contribution in [3.05, 3.63) is 60.6 Å². The van der Waals surface area contributed by atoms with E-state index in [1.807, 2.05) is 30.1 Å². The molecule has 1 fully saturated rings. The Balaban J connectivity index is 1.63. The summed E-state index contributed by atoms with van der Waals surface area (Å²) >= 11 is 0. The van der Waals surface area contributed by atoms with Crippen LogP contribution in [0.25, 0.3) is 0 Å². The minimum Gasteiger partial charge on any atom is -0.489 e. The maximum atomic E-state index is 13.0. The predicted octanol–water partition coefficient (Wildman–Crippen LogP) is 1.97. The van der Waals surface area contributed by atoms with E-state index in [9.17, 15) is 4.79 Å². The van der Waals surface area contributed by atoms with Crippen LogP contribution in [0.3, 0.4) is 0 Å². The molecule has 0 unspecified atom stereocenters. The molecule has 1 aliphatic heterocycles. The number of rotatable bonds is 7. The van der Waals surface area contributed by atoms with Gasteiger partial charge in [-0.25, -0.2) is 9.97 Å². The molecule has 0 spiro atoms. The summed E-state index contributed by atoms with van der Waals surface area (Å²) in [5.41, 5.74) is 6.31. The second kappa shape index (κ2) is 8.64. The summed E-state index contributed by atoms with van der Waals surface area (Å²) in [6.07, 6.45) is 4.23. The molecule has 0 saturated carbocycles. The molecule has 0 bridgehead atoms. The standard InChI is InChI=1S/C20H25N5O2/c1-3-12-27-17-7-5-4-6-16(17)20(26)25-11-9-15(13-25)24(2)14-19-22-10-8-18(21)23-19/h3-8,10,15H,1,9,11-14H2,2H3,(H2,21,22,23)/t15-/m1/s1. The largest absolute Gasteiger partial charge is 0.489 e. The van der Waals surface area contributed by atoms with Crippen molar-refractivity contribution in [2.75, 3.05) is 32.5 Å². The van der Waals surface area contributed by atoms with Crippen LogP contribution < -0.4 is 10.5 Å². The number of aromatic nitrogens is 2. The molecule has 0 aliphatic carbocycles. The molecule has 1 aromatic carbocycles. The molecule has 7 heteroatoms. The highest BCUT2D eigenvalue weighted by atomic mass is 16.5. The summed E-state index contributed by atoms with van der Waals surface area (Å²) in [5, 5.41) is 0. The van der Waals surface area contributed by atoms with Gasteiger partial charge in [0.25, 0.3) is 5.91 Å². The number of amides is 1. The highest BCUT2D eigenvalue weighted by Crippen LogP contribution is 2.24. The van der Waals surface area contributed by atoms with Gasteiger partial charge >= 0.3 is 0 Å². The van der Waals surface area contributed by atoms with E-state index < -0.39 is 0 Å². The highest BCUT2D eigenvalue weighted by molar-refractivity contribution is 5.97. The van der Waals surface area contributed by atoms with Crippen molar-refractivity contribution in [3.8, 4) is 5.75 Å². The Labute approximate surface area is 159 Å². The molecule has 2 N–H and O–H groups in total. The molecule has 0 radical (unpaired) electrons. The number of nitrogens with zero attached hydrogens (tertiary/aromatic N) is 4. The van der Waals surface area contributed by atoms with Crippen LogP contribution in [0.15, 0.2) is 49.2 Å². The van der Waals surface area contributed by atoms with Crippen molar-refractivity contribution in [2.45, 2.75) is 19.0 Å². The Morgan fingerprint density at radius 1 is 1.44 bits per heavy atom. The van der Waals surface area contributed by atoms with Crippen molar-refractivity contribution in [3.63, 3.8) is 0 Å². The molecule has 1 aromatic heterocycles. The van der Waals surface area contributed by atoms with E-state index in [0.717, 1.165) is 6.42 Å². The van der Waals surface area contributed by atoms with Gasteiger partial charge in [0.1, 0.15) is 24.0 Å². The zero-order valence-corrected chi connectivity index (χ0v) is 15.5. The van der Waals surface area contributed by atoms with Gasteiger partial charge < -0.3 is 15.4 Å². The van der Waals surface area contributed by atoms with Crippen LogP contribution in [-0.2, 0) is 6.54 Å². The van der Waals surface area contributed by atoms with Gasteiger partial charge in [-0.2, -0.15) is 0 Å². The zero-order valence-electron chi connectivity index (χ0n) is 15.5. The van der Waals surface area contributed by atoms with E-state index >= 15 is 0 Å². The van der Waals surface area contributed by atoms with Crippen LogP contribution in [0.4, 0.5) is 5.82 Å². The minimum absolute atomic E-state index is 0.00855. The van der Waals surface area contributed by atoms with Crippen molar-refractivity contribution in [2.24, 2.45) is 0 Å². The lowest BCUT2D eigenvalue weighted by Crippen LogP contribution is -2.36.